The zero-order valence-corrected chi connectivity index (χ0v) is 18.6. The summed E-state index contributed by atoms with van der Waals surface area (Å²) in [5, 5.41) is 5.46. The van der Waals surface area contributed by atoms with E-state index >= 15 is 0 Å². The standard InChI is InChI=1S/C19H22Cl2N2O3S2/c1-13-10-18(17(21)11-16(13)20)28(25,26)23-8-2-4-14(12-23)19(24)22-7-6-15-5-3-9-27-15/h3,5,9-11,14H,2,4,6-8,12H2,1H3,(H,22,24). The highest BCUT2D eigenvalue weighted by molar-refractivity contribution is 7.89. The number of hydrogen-bond donors (Lipinski definition) is 1. The Labute approximate surface area is 179 Å². The van der Waals surface area contributed by atoms with Gasteiger partial charge in [-0.2, -0.15) is 4.31 Å². The topological polar surface area (TPSA) is 66.5 Å². The maximum absolute atomic E-state index is 13.1. The molecule has 1 aliphatic rings. The minimum absolute atomic E-state index is 0.0369. The molecule has 9 heteroatoms. The molecule has 1 saturated heterocycles. The fraction of sp³-hybridized carbons (Fsp3) is 0.421. The quantitative estimate of drug-likeness (QED) is 0.704. The van der Waals surface area contributed by atoms with Crippen molar-refractivity contribution in [2.45, 2.75) is 31.1 Å². The van der Waals surface area contributed by atoms with Crippen LogP contribution in [0.2, 0.25) is 10.0 Å². The molecule has 0 radical (unpaired) electrons. The number of nitrogens with zero attached hydrogens (tertiary/aromatic N) is 1. The number of aryl methyl sites for hydroxylation is 1. The summed E-state index contributed by atoms with van der Waals surface area (Å²) in [6.07, 6.45) is 2.08. The van der Waals surface area contributed by atoms with Crippen molar-refractivity contribution in [1.82, 2.24) is 9.62 Å². The lowest BCUT2D eigenvalue weighted by Gasteiger charge is -2.31. The third-order valence-electron chi connectivity index (χ3n) is 4.84. The number of benzene rings is 1. The van der Waals surface area contributed by atoms with E-state index in [1.807, 2.05) is 17.5 Å². The molecule has 1 atom stereocenters. The van der Waals surface area contributed by atoms with Crippen LogP contribution in [0.25, 0.3) is 0 Å². The van der Waals surface area contributed by atoms with E-state index in [1.165, 1.54) is 21.3 Å². The number of carbonyl (C=O) groups excluding carboxylic acids is 1. The Bertz CT molecular complexity index is 946. The van der Waals surface area contributed by atoms with Crippen LogP contribution in [-0.4, -0.2) is 38.3 Å². The highest BCUT2D eigenvalue weighted by atomic mass is 35.5. The lowest BCUT2D eigenvalue weighted by molar-refractivity contribution is -0.126. The highest BCUT2D eigenvalue weighted by Crippen LogP contribution is 2.32. The van der Waals surface area contributed by atoms with Gasteiger partial charge in [-0.05, 0) is 55.3 Å². The number of amides is 1. The SMILES string of the molecule is Cc1cc(S(=O)(=O)N2CCCC(C(=O)NCCc3cccs3)C2)c(Cl)cc1Cl. The van der Waals surface area contributed by atoms with Crippen molar-refractivity contribution in [1.29, 1.82) is 0 Å². The summed E-state index contributed by atoms with van der Waals surface area (Å²) >= 11 is 13.8. The number of hydrogen-bond acceptors (Lipinski definition) is 4. The van der Waals surface area contributed by atoms with Gasteiger partial charge in [0.15, 0.2) is 0 Å². The van der Waals surface area contributed by atoms with E-state index in [0.29, 0.717) is 36.5 Å². The summed E-state index contributed by atoms with van der Waals surface area (Å²) < 4.78 is 27.5. The molecular weight excluding hydrogens is 439 g/mol. The van der Waals surface area contributed by atoms with Gasteiger partial charge in [-0.15, -0.1) is 11.3 Å². The van der Waals surface area contributed by atoms with Crippen molar-refractivity contribution in [2.24, 2.45) is 5.92 Å². The Morgan fingerprint density at radius 3 is 2.82 bits per heavy atom. The molecule has 2 aromatic rings. The van der Waals surface area contributed by atoms with Gasteiger partial charge in [-0.1, -0.05) is 29.3 Å². The first-order valence-corrected chi connectivity index (χ1v) is 12.1. The Balaban J connectivity index is 1.66. The fourth-order valence-corrected chi connectivity index (χ4v) is 6.29. The van der Waals surface area contributed by atoms with E-state index in [1.54, 1.807) is 18.3 Å². The summed E-state index contributed by atoms with van der Waals surface area (Å²) in [5.41, 5.74) is 0.643. The lowest BCUT2D eigenvalue weighted by atomic mass is 9.99. The first-order chi connectivity index (χ1) is 13.3. The fourth-order valence-electron chi connectivity index (χ4n) is 3.25. The molecular formula is C19H22Cl2N2O3S2. The second kappa shape index (κ2) is 9.13. The number of carbonyl (C=O) groups is 1. The molecule has 2 heterocycles. The van der Waals surface area contributed by atoms with Crippen LogP contribution in [0.15, 0.2) is 34.5 Å². The molecule has 1 aromatic heterocycles. The van der Waals surface area contributed by atoms with Gasteiger partial charge in [-0.3, -0.25) is 4.79 Å². The number of sulfonamides is 1. The Hall–Kier alpha value is -1.12. The average molecular weight is 461 g/mol. The number of piperidine rings is 1. The van der Waals surface area contributed by atoms with E-state index in [-0.39, 0.29) is 28.3 Å². The normalized spacial score (nSPS) is 18.2. The zero-order chi connectivity index (χ0) is 20.3. The van der Waals surface area contributed by atoms with Gasteiger partial charge in [0, 0.05) is 29.5 Å². The first kappa shape index (κ1) is 21.6. The van der Waals surface area contributed by atoms with Gasteiger partial charge >= 0.3 is 0 Å². The largest absolute Gasteiger partial charge is 0.355 e. The Morgan fingerprint density at radius 1 is 1.32 bits per heavy atom. The van der Waals surface area contributed by atoms with Crippen LogP contribution < -0.4 is 5.32 Å². The third-order valence-corrected chi connectivity index (χ3v) is 8.51. The molecule has 1 amide bonds. The molecule has 0 spiro atoms. The van der Waals surface area contributed by atoms with Crippen LogP contribution in [0.1, 0.15) is 23.3 Å². The lowest BCUT2D eigenvalue weighted by Crippen LogP contribution is -2.45. The molecule has 1 unspecified atom stereocenters. The van der Waals surface area contributed by atoms with Crippen molar-refractivity contribution >= 4 is 50.5 Å². The van der Waals surface area contributed by atoms with E-state index in [0.717, 1.165) is 6.42 Å². The summed E-state index contributed by atoms with van der Waals surface area (Å²) in [7, 11) is -3.79. The van der Waals surface area contributed by atoms with Crippen LogP contribution in [0.3, 0.4) is 0 Å². The number of halogens is 2. The second-order valence-electron chi connectivity index (χ2n) is 6.85. The molecule has 3 rings (SSSR count). The summed E-state index contributed by atoms with van der Waals surface area (Å²) in [6, 6.07) is 6.95. The Kier molecular flexibility index (Phi) is 7.04. The van der Waals surface area contributed by atoms with Gasteiger partial charge in [0.25, 0.3) is 0 Å². The number of nitrogens with one attached hydrogen (secondary N) is 1. The minimum atomic E-state index is -3.79. The molecule has 152 valence electrons. The van der Waals surface area contributed by atoms with Crippen molar-refractivity contribution in [3.8, 4) is 0 Å². The second-order valence-corrected chi connectivity index (χ2v) is 10.6. The zero-order valence-electron chi connectivity index (χ0n) is 15.5. The molecule has 1 N–H and O–H groups in total. The minimum Gasteiger partial charge on any atom is -0.355 e. The maximum atomic E-state index is 13.1. The Morgan fingerprint density at radius 2 is 2.11 bits per heavy atom. The van der Waals surface area contributed by atoms with E-state index < -0.39 is 10.0 Å². The summed E-state index contributed by atoms with van der Waals surface area (Å²) in [4.78, 5) is 13.8. The molecule has 0 aliphatic carbocycles. The third kappa shape index (κ3) is 4.89. The smallest absolute Gasteiger partial charge is 0.244 e. The van der Waals surface area contributed by atoms with Crippen molar-refractivity contribution in [2.75, 3.05) is 19.6 Å². The van der Waals surface area contributed by atoms with Gasteiger partial charge in [0.2, 0.25) is 15.9 Å². The molecule has 28 heavy (non-hydrogen) atoms. The van der Waals surface area contributed by atoms with Crippen LogP contribution in [0.5, 0.6) is 0 Å². The van der Waals surface area contributed by atoms with Crippen LogP contribution in [0.4, 0.5) is 0 Å². The summed E-state index contributed by atoms with van der Waals surface area (Å²) in [6.45, 7) is 2.81. The van der Waals surface area contributed by atoms with Crippen molar-refractivity contribution in [3.05, 3.63) is 50.1 Å². The average Bonchev–Trinajstić information content (AvgIpc) is 3.18. The van der Waals surface area contributed by atoms with Crippen LogP contribution >= 0.6 is 34.5 Å². The summed E-state index contributed by atoms with van der Waals surface area (Å²) in [5.74, 6) is -0.464. The number of rotatable bonds is 6. The number of thiophene rings is 1. The van der Waals surface area contributed by atoms with Gasteiger partial charge in [-0.25, -0.2) is 8.42 Å². The van der Waals surface area contributed by atoms with Crippen LogP contribution in [-0.2, 0) is 21.2 Å². The van der Waals surface area contributed by atoms with E-state index in [9.17, 15) is 13.2 Å². The molecule has 1 fully saturated rings. The van der Waals surface area contributed by atoms with Gasteiger partial charge in [0.05, 0.1) is 10.9 Å². The molecule has 0 bridgehead atoms. The van der Waals surface area contributed by atoms with Gasteiger partial charge < -0.3 is 5.32 Å². The molecule has 1 aromatic carbocycles. The monoisotopic (exact) mass is 460 g/mol. The van der Waals surface area contributed by atoms with Gasteiger partial charge in [0.1, 0.15) is 4.90 Å². The van der Waals surface area contributed by atoms with Crippen molar-refractivity contribution in [3.63, 3.8) is 0 Å². The van der Waals surface area contributed by atoms with Crippen LogP contribution in [0, 0.1) is 12.8 Å². The van der Waals surface area contributed by atoms with E-state index in [4.69, 9.17) is 23.2 Å². The predicted octanol–water partition coefficient (Wildman–Crippen LogP) is 4.12. The van der Waals surface area contributed by atoms with E-state index in [2.05, 4.69) is 5.32 Å². The molecule has 5 nitrogen and oxygen atoms in total. The molecule has 0 saturated carbocycles. The predicted molar refractivity (Wildman–Crippen MR) is 114 cm³/mol. The van der Waals surface area contributed by atoms with Crippen molar-refractivity contribution < 1.29 is 13.2 Å². The maximum Gasteiger partial charge on any atom is 0.244 e. The first-order valence-electron chi connectivity index (χ1n) is 9.05. The highest BCUT2D eigenvalue weighted by Gasteiger charge is 2.34. The molecule has 1 aliphatic heterocycles.